The summed E-state index contributed by atoms with van der Waals surface area (Å²) in [5.74, 6) is -0.425. The molecule has 0 aliphatic carbocycles. The minimum Gasteiger partial charge on any atom is -0.467 e. The zero-order valence-corrected chi connectivity index (χ0v) is 17.6. The zero-order valence-electron chi connectivity index (χ0n) is 16.8. The lowest BCUT2D eigenvalue weighted by Crippen LogP contribution is -2.32. The quantitative estimate of drug-likeness (QED) is 0.537. The summed E-state index contributed by atoms with van der Waals surface area (Å²) in [6.07, 6.45) is 0.524. The number of thiophene rings is 1. The average molecular weight is 400 g/mol. The molecule has 0 fully saturated rings. The van der Waals surface area contributed by atoms with Crippen LogP contribution in [-0.2, 0) is 9.53 Å². The molecular formula is C21H25N3O3S. The van der Waals surface area contributed by atoms with Crippen molar-refractivity contribution >= 4 is 33.8 Å². The van der Waals surface area contributed by atoms with E-state index < -0.39 is 12.0 Å². The van der Waals surface area contributed by atoms with Crippen molar-refractivity contribution in [2.75, 3.05) is 18.2 Å². The van der Waals surface area contributed by atoms with Crippen LogP contribution in [0.5, 0.6) is 0 Å². The van der Waals surface area contributed by atoms with Gasteiger partial charge in [-0.15, -0.1) is 11.3 Å². The van der Waals surface area contributed by atoms with Crippen molar-refractivity contribution in [2.45, 2.75) is 40.2 Å². The topological polar surface area (TPSA) is 105 Å². The highest BCUT2D eigenvalue weighted by molar-refractivity contribution is 7.19. The number of hydrogen-bond acceptors (Lipinski definition) is 7. The fraction of sp³-hybridized carbons (Fsp3) is 0.381. The molecule has 2 aromatic rings. The van der Waals surface area contributed by atoms with E-state index in [1.807, 2.05) is 45.9 Å². The van der Waals surface area contributed by atoms with Gasteiger partial charge in [0.2, 0.25) is 5.78 Å². The molecule has 148 valence electrons. The van der Waals surface area contributed by atoms with Gasteiger partial charge in [0, 0.05) is 5.56 Å². The maximum Gasteiger partial charge on any atom is 0.328 e. The first-order valence-corrected chi connectivity index (χ1v) is 9.79. The number of nitrogen functional groups attached to an aromatic ring is 1. The van der Waals surface area contributed by atoms with Gasteiger partial charge in [-0.3, -0.25) is 4.79 Å². The molecule has 2 rings (SSSR count). The average Bonchev–Trinajstić information content (AvgIpc) is 2.94. The van der Waals surface area contributed by atoms with Crippen LogP contribution in [0.2, 0.25) is 0 Å². The predicted molar refractivity (Wildman–Crippen MR) is 112 cm³/mol. The Balaban J connectivity index is 2.44. The Hall–Kier alpha value is -2.85. The molecule has 0 aliphatic rings. The number of aryl methyl sites for hydroxylation is 2. The number of methoxy groups -OCH3 is 1. The number of nitrogens with two attached hydrogens (primary N) is 1. The van der Waals surface area contributed by atoms with E-state index in [2.05, 4.69) is 5.32 Å². The van der Waals surface area contributed by atoms with Crippen LogP contribution >= 0.6 is 11.3 Å². The lowest BCUT2D eigenvalue weighted by Gasteiger charge is -2.18. The number of ketones is 1. The predicted octanol–water partition coefficient (Wildman–Crippen LogP) is 4.05. The molecular weight excluding hydrogens is 374 g/mol. The summed E-state index contributed by atoms with van der Waals surface area (Å²) < 4.78 is 4.86. The van der Waals surface area contributed by atoms with Crippen LogP contribution in [0.25, 0.3) is 0 Å². The van der Waals surface area contributed by atoms with Gasteiger partial charge in [0.25, 0.3) is 0 Å². The minimum atomic E-state index is -0.626. The van der Waals surface area contributed by atoms with Crippen molar-refractivity contribution < 1.29 is 14.3 Å². The zero-order chi connectivity index (χ0) is 21.0. The fourth-order valence-electron chi connectivity index (χ4n) is 3.00. The van der Waals surface area contributed by atoms with Crippen LogP contribution in [-0.4, -0.2) is 24.9 Å². The number of nitrogens with zero attached hydrogens (tertiary/aromatic N) is 1. The first-order chi connectivity index (χ1) is 13.2. The third kappa shape index (κ3) is 4.52. The molecule has 1 unspecified atom stereocenters. The Kier molecular flexibility index (Phi) is 6.81. The molecule has 0 amide bonds. The van der Waals surface area contributed by atoms with E-state index >= 15 is 0 Å². The number of carbonyl (C=O) groups is 2. The van der Waals surface area contributed by atoms with E-state index in [0.29, 0.717) is 21.9 Å². The van der Waals surface area contributed by atoms with Crippen molar-refractivity contribution in [2.24, 2.45) is 5.92 Å². The summed E-state index contributed by atoms with van der Waals surface area (Å²) >= 11 is 1.09. The number of esters is 1. The lowest BCUT2D eigenvalue weighted by atomic mass is 10.0. The molecule has 6 nitrogen and oxygen atoms in total. The number of rotatable bonds is 7. The summed E-state index contributed by atoms with van der Waals surface area (Å²) in [5, 5.41) is 13.0. The van der Waals surface area contributed by atoms with E-state index in [-0.39, 0.29) is 23.0 Å². The van der Waals surface area contributed by atoms with Gasteiger partial charge in [-0.1, -0.05) is 37.6 Å². The monoisotopic (exact) mass is 399 g/mol. The van der Waals surface area contributed by atoms with Gasteiger partial charge >= 0.3 is 5.97 Å². The number of hydrogen-bond donors (Lipinski definition) is 2. The molecule has 1 heterocycles. The molecule has 1 aromatic heterocycles. The van der Waals surface area contributed by atoms with Gasteiger partial charge < -0.3 is 15.8 Å². The SMILES string of the molecule is COC(=O)C(CC(C)C)Nc1sc(C(=O)c2ccc(C)cc2C)c(N)c1C#N. The standard InChI is InChI=1S/C21H25N3O3S/c1-11(2)8-16(21(26)27-5)24-20-15(10-22)17(23)19(28-20)18(25)14-7-6-12(3)9-13(14)4/h6-7,9,11,16,24H,8,23H2,1-5H3. The molecule has 1 atom stereocenters. The van der Waals surface area contributed by atoms with Gasteiger partial charge in [-0.05, 0) is 31.7 Å². The van der Waals surface area contributed by atoms with E-state index in [9.17, 15) is 14.9 Å². The van der Waals surface area contributed by atoms with Crippen molar-refractivity contribution in [3.05, 3.63) is 45.3 Å². The summed E-state index contributed by atoms with van der Waals surface area (Å²) in [6, 6.07) is 6.98. The number of ether oxygens (including phenoxy) is 1. The molecule has 0 saturated heterocycles. The van der Waals surface area contributed by atoms with Gasteiger partial charge in [0.1, 0.15) is 27.6 Å². The second kappa shape index (κ2) is 8.89. The largest absolute Gasteiger partial charge is 0.467 e. The van der Waals surface area contributed by atoms with Crippen LogP contribution in [0, 0.1) is 31.1 Å². The fourth-order valence-corrected chi connectivity index (χ4v) is 4.08. The maximum atomic E-state index is 13.0. The molecule has 0 bridgehead atoms. The second-order valence-electron chi connectivity index (χ2n) is 7.16. The summed E-state index contributed by atoms with van der Waals surface area (Å²) in [7, 11) is 1.32. The molecule has 0 aliphatic heterocycles. The van der Waals surface area contributed by atoms with Crippen molar-refractivity contribution in [3.63, 3.8) is 0 Å². The van der Waals surface area contributed by atoms with Crippen LogP contribution in [0.4, 0.5) is 10.7 Å². The van der Waals surface area contributed by atoms with E-state index in [1.54, 1.807) is 6.07 Å². The minimum absolute atomic E-state index is 0.133. The Labute approximate surface area is 169 Å². The Morgan fingerprint density at radius 2 is 2.00 bits per heavy atom. The van der Waals surface area contributed by atoms with E-state index in [1.165, 1.54) is 7.11 Å². The first-order valence-electron chi connectivity index (χ1n) is 8.98. The third-order valence-corrected chi connectivity index (χ3v) is 5.52. The molecule has 0 saturated carbocycles. The second-order valence-corrected chi connectivity index (χ2v) is 8.18. The number of nitriles is 1. The number of benzene rings is 1. The third-order valence-electron chi connectivity index (χ3n) is 4.39. The smallest absolute Gasteiger partial charge is 0.328 e. The van der Waals surface area contributed by atoms with Crippen LogP contribution in [0.15, 0.2) is 18.2 Å². The molecule has 7 heteroatoms. The van der Waals surface area contributed by atoms with Crippen molar-refractivity contribution in [1.29, 1.82) is 5.26 Å². The van der Waals surface area contributed by atoms with Crippen LogP contribution in [0.1, 0.15) is 52.2 Å². The molecule has 28 heavy (non-hydrogen) atoms. The summed E-state index contributed by atoms with van der Waals surface area (Å²) in [4.78, 5) is 25.4. The van der Waals surface area contributed by atoms with Crippen LogP contribution in [0.3, 0.4) is 0 Å². The normalized spacial score (nSPS) is 11.8. The molecule has 1 aromatic carbocycles. The number of anilines is 2. The first kappa shape index (κ1) is 21.5. The van der Waals surface area contributed by atoms with E-state index in [4.69, 9.17) is 10.5 Å². The van der Waals surface area contributed by atoms with Gasteiger partial charge in [0.15, 0.2) is 0 Å². The maximum absolute atomic E-state index is 13.0. The van der Waals surface area contributed by atoms with Crippen molar-refractivity contribution in [3.8, 4) is 6.07 Å². The van der Waals surface area contributed by atoms with Crippen molar-refractivity contribution in [1.82, 2.24) is 0 Å². The molecule has 0 radical (unpaired) electrons. The number of nitrogens with one attached hydrogen (secondary N) is 1. The highest BCUT2D eigenvalue weighted by atomic mass is 32.1. The van der Waals surface area contributed by atoms with Gasteiger partial charge in [-0.2, -0.15) is 5.26 Å². The molecule has 3 N–H and O–H groups in total. The summed E-state index contributed by atoms with van der Waals surface area (Å²) in [6.45, 7) is 7.80. The number of carbonyl (C=O) groups excluding carboxylic acids is 2. The van der Waals surface area contributed by atoms with Crippen LogP contribution < -0.4 is 11.1 Å². The highest BCUT2D eigenvalue weighted by Crippen LogP contribution is 2.37. The van der Waals surface area contributed by atoms with Gasteiger partial charge in [-0.25, -0.2) is 4.79 Å². The van der Waals surface area contributed by atoms with Gasteiger partial charge in [0.05, 0.1) is 12.8 Å². The molecule has 0 spiro atoms. The lowest BCUT2D eigenvalue weighted by molar-refractivity contribution is -0.141. The Morgan fingerprint density at radius 1 is 1.32 bits per heavy atom. The highest BCUT2D eigenvalue weighted by Gasteiger charge is 2.27. The Morgan fingerprint density at radius 3 is 2.54 bits per heavy atom. The summed E-state index contributed by atoms with van der Waals surface area (Å²) in [5.41, 5.74) is 8.89. The van der Waals surface area contributed by atoms with E-state index in [0.717, 1.165) is 22.5 Å². The Bertz CT molecular complexity index is 941.